The van der Waals surface area contributed by atoms with Crippen LogP contribution in [0.25, 0.3) is 0 Å². The van der Waals surface area contributed by atoms with Crippen LogP contribution in [0.5, 0.6) is 0 Å². The number of hydrogen-bond donors (Lipinski definition) is 1. The summed E-state index contributed by atoms with van der Waals surface area (Å²) >= 11 is 5.70. The van der Waals surface area contributed by atoms with Gasteiger partial charge in [0.1, 0.15) is 5.69 Å². The lowest BCUT2D eigenvalue weighted by Crippen LogP contribution is -2.32. The standard InChI is InChI=1S/C10H14ClN3O2/c1-14-8(5-9(11)13-14)10(15)12-6-7-3-2-4-16-7/h5,7H,2-4,6H2,1H3,(H,12,15). The maximum Gasteiger partial charge on any atom is 0.269 e. The number of nitrogens with one attached hydrogen (secondary N) is 1. The van der Waals surface area contributed by atoms with E-state index in [0.29, 0.717) is 17.4 Å². The Hall–Kier alpha value is -1.07. The van der Waals surface area contributed by atoms with E-state index in [1.54, 1.807) is 13.1 Å². The summed E-state index contributed by atoms with van der Waals surface area (Å²) in [7, 11) is 1.69. The van der Waals surface area contributed by atoms with Gasteiger partial charge in [0.2, 0.25) is 0 Å². The molecule has 2 heterocycles. The number of amides is 1. The number of aryl methyl sites for hydroxylation is 1. The van der Waals surface area contributed by atoms with E-state index in [-0.39, 0.29) is 12.0 Å². The van der Waals surface area contributed by atoms with Crippen LogP contribution in [0.2, 0.25) is 5.15 Å². The molecule has 0 aromatic carbocycles. The van der Waals surface area contributed by atoms with Crippen molar-refractivity contribution in [1.82, 2.24) is 15.1 Å². The van der Waals surface area contributed by atoms with Gasteiger partial charge in [0.05, 0.1) is 6.10 Å². The zero-order valence-electron chi connectivity index (χ0n) is 9.07. The molecule has 1 amide bonds. The zero-order chi connectivity index (χ0) is 11.5. The van der Waals surface area contributed by atoms with Crippen molar-refractivity contribution in [2.75, 3.05) is 13.2 Å². The topological polar surface area (TPSA) is 56.2 Å². The van der Waals surface area contributed by atoms with Gasteiger partial charge in [-0.25, -0.2) is 0 Å². The minimum atomic E-state index is -0.169. The molecule has 16 heavy (non-hydrogen) atoms. The van der Waals surface area contributed by atoms with Crippen LogP contribution in [-0.2, 0) is 11.8 Å². The van der Waals surface area contributed by atoms with Crippen LogP contribution in [0.15, 0.2) is 6.07 Å². The molecule has 1 unspecified atom stereocenters. The maximum atomic E-state index is 11.7. The summed E-state index contributed by atoms with van der Waals surface area (Å²) in [5.41, 5.74) is 0.461. The highest BCUT2D eigenvalue weighted by Gasteiger charge is 2.18. The predicted molar refractivity (Wildman–Crippen MR) is 59.5 cm³/mol. The van der Waals surface area contributed by atoms with E-state index in [9.17, 15) is 4.79 Å². The molecule has 1 atom stereocenters. The van der Waals surface area contributed by atoms with Crippen molar-refractivity contribution < 1.29 is 9.53 Å². The van der Waals surface area contributed by atoms with Crippen LogP contribution in [0, 0.1) is 0 Å². The SMILES string of the molecule is Cn1nc(Cl)cc1C(=O)NCC1CCCO1. The number of carbonyl (C=O) groups excluding carboxylic acids is 1. The van der Waals surface area contributed by atoms with Crippen molar-refractivity contribution in [2.24, 2.45) is 7.05 Å². The molecule has 2 rings (SSSR count). The molecular formula is C10H14ClN3O2. The third kappa shape index (κ3) is 2.54. The molecule has 0 aliphatic carbocycles. The van der Waals surface area contributed by atoms with Crippen LogP contribution in [0.1, 0.15) is 23.3 Å². The van der Waals surface area contributed by atoms with Gasteiger partial charge in [-0.2, -0.15) is 5.10 Å². The summed E-state index contributed by atoms with van der Waals surface area (Å²) in [4.78, 5) is 11.7. The van der Waals surface area contributed by atoms with E-state index < -0.39 is 0 Å². The molecule has 1 saturated heterocycles. The van der Waals surface area contributed by atoms with Crippen molar-refractivity contribution in [3.05, 3.63) is 16.9 Å². The lowest BCUT2D eigenvalue weighted by Gasteiger charge is -2.10. The van der Waals surface area contributed by atoms with E-state index in [1.165, 1.54) is 4.68 Å². The van der Waals surface area contributed by atoms with Gasteiger partial charge in [0.25, 0.3) is 5.91 Å². The van der Waals surface area contributed by atoms with Crippen molar-refractivity contribution in [2.45, 2.75) is 18.9 Å². The summed E-state index contributed by atoms with van der Waals surface area (Å²) in [6.07, 6.45) is 2.22. The van der Waals surface area contributed by atoms with E-state index >= 15 is 0 Å². The largest absolute Gasteiger partial charge is 0.376 e. The quantitative estimate of drug-likeness (QED) is 0.861. The minimum absolute atomic E-state index is 0.146. The lowest BCUT2D eigenvalue weighted by atomic mass is 10.2. The molecule has 5 nitrogen and oxygen atoms in total. The van der Waals surface area contributed by atoms with Gasteiger partial charge in [-0.1, -0.05) is 11.6 Å². The van der Waals surface area contributed by atoms with E-state index in [1.807, 2.05) is 0 Å². The monoisotopic (exact) mass is 243 g/mol. The lowest BCUT2D eigenvalue weighted by molar-refractivity contribution is 0.0850. The summed E-state index contributed by atoms with van der Waals surface area (Å²) in [5.74, 6) is -0.169. The Morgan fingerprint density at radius 1 is 1.81 bits per heavy atom. The van der Waals surface area contributed by atoms with Gasteiger partial charge in [0.15, 0.2) is 5.15 Å². The first-order chi connectivity index (χ1) is 7.66. The molecule has 1 aromatic heterocycles. The maximum absolute atomic E-state index is 11.7. The van der Waals surface area contributed by atoms with Crippen LogP contribution in [0.4, 0.5) is 0 Å². The normalized spacial score (nSPS) is 20.0. The average Bonchev–Trinajstić information content (AvgIpc) is 2.84. The van der Waals surface area contributed by atoms with Gasteiger partial charge in [-0.3, -0.25) is 9.48 Å². The van der Waals surface area contributed by atoms with Gasteiger partial charge in [-0.05, 0) is 12.8 Å². The van der Waals surface area contributed by atoms with E-state index in [2.05, 4.69) is 10.4 Å². The number of ether oxygens (including phenoxy) is 1. The molecule has 1 aliphatic rings. The summed E-state index contributed by atoms with van der Waals surface area (Å²) in [6, 6.07) is 1.55. The molecule has 0 radical (unpaired) electrons. The molecule has 1 aliphatic heterocycles. The molecule has 0 bridgehead atoms. The van der Waals surface area contributed by atoms with Gasteiger partial charge in [-0.15, -0.1) is 0 Å². The van der Waals surface area contributed by atoms with E-state index in [0.717, 1.165) is 19.4 Å². The second-order valence-corrected chi connectivity index (χ2v) is 4.21. The summed E-state index contributed by atoms with van der Waals surface area (Å²) < 4.78 is 6.88. The predicted octanol–water partition coefficient (Wildman–Crippen LogP) is 0.982. The Labute approximate surface area is 98.7 Å². The molecule has 88 valence electrons. The Balaban J connectivity index is 1.90. The molecule has 1 fully saturated rings. The zero-order valence-corrected chi connectivity index (χ0v) is 9.83. The first-order valence-electron chi connectivity index (χ1n) is 5.26. The van der Waals surface area contributed by atoms with E-state index in [4.69, 9.17) is 16.3 Å². The van der Waals surface area contributed by atoms with Gasteiger partial charge < -0.3 is 10.1 Å². The van der Waals surface area contributed by atoms with Crippen LogP contribution in [0.3, 0.4) is 0 Å². The molecule has 0 saturated carbocycles. The molecule has 6 heteroatoms. The highest BCUT2D eigenvalue weighted by Crippen LogP contribution is 2.11. The highest BCUT2D eigenvalue weighted by molar-refractivity contribution is 6.29. The second kappa shape index (κ2) is 4.84. The first kappa shape index (κ1) is 11.4. The number of hydrogen-bond acceptors (Lipinski definition) is 3. The van der Waals surface area contributed by atoms with Crippen LogP contribution in [-0.4, -0.2) is 34.9 Å². The second-order valence-electron chi connectivity index (χ2n) is 3.82. The first-order valence-corrected chi connectivity index (χ1v) is 5.64. The number of nitrogens with zero attached hydrogens (tertiary/aromatic N) is 2. The fourth-order valence-electron chi connectivity index (χ4n) is 1.75. The third-order valence-corrected chi connectivity index (χ3v) is 2.78. The number of carbonyl (C=O) groups is 1. The smallest absolute Gasteiger partial charge is 0.269 e. The summed E-state index contributed by atoms with van der Waals surface area (Å²) in [6.45, 7) is 1.33. The van der Waals surface area contributed by atoms with Crippen molar-refractivity contribution >= 4 is 17.5 Å². The van der Waals surface area contributed by atoms with Crippen molar-refractivity contribution in [1.29, 1.82) is 0 Å². The molecular weight excluding hydrogens is 230 g/mol. The third-order valence-electron chi connectivity index (χ3n) is 2.60. The summed E-state index contributed by atoms with van der Waals surface area (Å²) in [5, 5.41) is 7.04. The molecule has 1 aromatic rings. The Morgan fingerprint density at radius 2 is 2.62 bits per heavy atom. The average molecular weight is 244 g/mol. The van der Waals surface area contributed by atoms with Crippen molar-refractivity contribution in [3.8, 4) is 0 Å². The minimum Gasteiger partial charge on any atom is -0.376 e. The van der Waals surface area contributed by atoms with Gasteiger partial charge >= 0.3 is 0 Å². The van der Waals surface area contributed by atoms with Gasteiger partial charge in [0, 0.05) is 26.3 Å². The fraction of sp³-hybridized carbons (Fsp3) is 0.600. The Bertz CT molecular complexity index is 385. The highest BCUT2D eigenvalue weighted by atomic mass is 35.5. The van der Waals surface area contributed by atoms with Crippen LogP contribution >= 0.6 is 11.6 Å². The fourth-order valence-corrected chi connectivity index (χ4v) is 1.96. The van der Waals surface area contributed by atoms with Crippen LogP contribution < -0.4 is 5.32 Å². The van der Waals surface area contributed by atoms with Crippen molar-refractivity contribution in [3.63, 3.8) is 0 Å². The molecule has 0 spiro atoms. The number of rotatable bonds is 3. The Morgan fingerprint density at radius 3 is 3.19 bits per heavy atom. The number of halogens is 1. The molecule has 1 N–H and O–H groups in total. The number of aromatic nitrogens is 2. The Kier molecular flexibility index (Phi) is 3.46.